The molecular weight excluding hydrogens is 596 g/mol. The Bertz CT molecular complexity index is 1950. The summed E-state index contributed by atoms with van der Waals surface area (Å²) in [5, 5.41) is 27.1. The zero-order valence-electron chi connectivity index (χ0n) is 26.1. The number of likely N-dealkylation sites (tertiary alicyclic amines) is 1. The Labute approximate surface area is 271 Å². The predicted molar refractivity (Wildman–Crippen MR) is 177 cm³/mol. The van der Waals surface area contributed by atoms with Gasteiger partial charge in [0.05, 0.1) is 16.7 Å². The average Bonchev–Trinajstić information content (AvgIpc) is 3.05. The lowest BCUT2D eigenvalue weighted by atomic mass is 9.49. The number of phenols is 1. The van der Waals surface area contributed by atoms with Crippen molar-refractivity contribution in [1.29, 1.82) is 0 Å². The Kier molecular flexibility index (Phi) is 7.93. The fourth-order valence-electron chi connectivity index (χ4n) is 8.26. The number of piperidine rings is 1. The molecule has 242 valence electrons. The van der Waals surface area contributed by atoms with Crippen molar-refractivity contribution in [2.24, 2.45) is 0 Å². The summed E-state index contributed by atoms with van der Waals surface area (Å²) in [6, 6.07) is 20.9. The van der Waals surface area contributed by atoms with Gasteiger partial charge in [-0.3, -0.25) is 24.3 Å². The smallest absolute Gasteiger partial charge is 0.325 e. The van der Waals surface area contributed by atoms with Crippen molar-refractivity contribution >= 4 is 11.7 Å². The number of ketones is 1. The number of aliphatic hydroxyl groups is 1. The van der Waals surface area contributed by atoms with Crippen LogP contribution in [0.3, 0.4) is 0 Å². The van der Waals surface area contributed by atoms with Gasteiger partial charge in [0.25, 0.3) is 11.5 Å². The minimum Gasteiger partial charge on any atom is -0.507 e. The van der Waals surface area contributed by atoms with Crippen LogP contribution in [0.25, 0.3) is 11.1 Å². The van der Waals surface area contributed by atoms with Gasteiger partial charge in [-0.2, -0.15) is 0 Å². The SMILES string of the molecule is O=C1CCC2(O)C3Cc4ccc(C(=O)NCCc5ccc(-c6c[nH]c(=O)[nH]c6=O)cc5)c(O)c4[C@@]2(CCN3CCc2ccccc2)C1. The summed E-state index contributed by atoms with van der Waals surface area (Å²) in [6.45, 7) is 1.79. The van der Waals surface area contributed by atoms with Gasteiger partial charge in [-0.1, -0.05) is 60.7 Å². The monoisotopic (exact) mass is 634 g/mol. The molecule has 1 amide bonds. The number of phenolic OH excluding ortho intramolecular Hbond substituents is 1. The molecule has 1 aliphatic heterocycles. The summed E-state index contributed by atoms with van der Waals surface area (Å²) in [5.41, 5.74) is 1.57. The van der Waals surface area contributed by atoms with Crippen molar-refractivity contribution in [3.63, 3.8) is 0 Å². The molecule has 2 unspecified atom stereocenters. The number of aromatic nitrogens is 2. The number of H-pyrrole nitrogens is 2. The summed E-state index contributed by atoms with van der Waals surface area (Å²) < 4.78 is 0. The highest BCUT2D eigenvalue weighted by Crippen LogP contribution is 2.59. The van der Waals surface area contributed by atoms with Gasteiger partial charge in [0, 0.05) is 49.1 Å². The van der Waals surface area contributed by atoms with Crippen LogP contribution in [0.15, 0.2) is 82.5 Å². The van der Waals surface area contributed by atoms with Crippen LogP contribution in [0.2, 0.25) is 0 Å². The van der Waals surface area contributed by atoms with E-state index in [4.69, 9.17) is 0 Å². The van der Waals surface area contributed by atoms with Crippen molar-refractivity contribution in [3.8, 4) is 16.9 Å². The van der Waals surface area contributed by atoms with Gasteiger partial charge >= 0.3 is 5.69 Å². The zero-order valence-corrected chi connectivity index (χ0v) is 26.1. The molecule has 3 aromatic carbocycles. The van der Waals surface area contributed by atoms with Crippen LogP contribution in [0.5, 0.6) is 5.75 Å². The van der Waals surface area contributed by atoms with Crippen molar-refractivity contribution in [3.05, 3.63) is 122 Å². The lowest BCUT2D eigenvalue weighted by molar-refractivity contribution is -0.172. The molecule has 1 saturated heterocycles. The number of rotatable bonds is 8. The number of benzene rings is 3. The maximum atomic E-state index is 13.4. The molecule has 3 aliphatic rings. The summed E-state index contributed by atoms with van der Waals surface area (Å²) in [6.07, 6.45) is 4.59. The fraction of sp³-hybridized carbons (Fsp3) is 0.351. The summed E-state index contributed by atoms with van der Waals surface area (Å²) in [4.78, 5) is 56.9. The molecule has 1 saturated carbocycles. The topological polar surface area (TPSA) is 156 Å². The van der Waals surface area contributed by atoms with Gasteiger partial charge in [-0.15, -0.1) is 0 Å². The maximum absolute atomic E-state index is 13.4. The highest BCUT2D eigenvalue weighted by Gasteiger charge is 2.65. The summed E-state index contributed by atoms with van der Waals surface area (Å²) in [7, 11) is 0. The largest absolute Gasteiger partial charge is 0.507 e. The van der Waals surface area contributed by atoms with Gasteiger partial charge < -0.3 is 20.5 Å². The van der Waals surface area contributed by atoms with E-state index in [-0.39, 0.29) is 29.6 Å². The number of Topliss-reactive ketones (excluding diaryl/α,β-unsaturated/α-hetero) is 1. The fourth-order valence-corrected chi connectivity index (χ4v) is 8.26. The first-order valence-corrected chi connectivity index (χ1v) is 16.3. The molecule has 2 bridgehead atoms. The Morgan fingerprint density at radius 1 is 0.957 bits per heavy atom. The number of nitrogens with zero attached hydrogens (tertiary/aromatic N) is 1. The number of carbonyl (C=O) groups is 2. The molecule has 2 heterocycles. The first-order chi connectivity index (χ1) is 22.7. The molecule has 3 atom stereocenters. The number of carbonyl (C=O) groups excluding carboxylic acids is 2. The Morgan fingerprint density at radius 2 is 1.72 bits per heavy atom. The van der Waals surface area contributed by atoms with E-state index < -0.39 is 28.2 Å². The third-order valence-electron chi connectivity index (χ3n) is 10.6. The molecule has 0 radical (unpaired) electrons. The van der Waals surface area contributed by atoms with Gasteiger partial charge in [0.2, 0.25) is 0 Å². The van der Waals surface area contributed by atoms with Crippen molar-refractivity contribution in [2.45, 2.75) is 62.0 Å². The minimum absolute atomic E-state index is 0.0736. The van der Waals surface area contributed by atoms with Crippen molar-refractivity contribution in [2.75, 3.05) is 19.6 Å². The number of fused-ring (bicyclic) bond motifs is 1. The second-order valence-corrected chi connectivity index (χ2v) is 13.1. The Balaban J connectivity index is 1.09. The number of aromatic amines is 2. The van der Waals surface area contributed by atoms with E-state index in [1.807, 2.05) is 36.4 Å². The molecule has 7 rings (SSSR count). The van der Waals surface area contributed by atoms with Gasteiger partial charge in [0.1, 0.15) is 11.5 Å². The van der Waals surface area contributed by atoms with Crippen LogP contribution in [0.1, 0.15) is 58.3 Å². The first kappa shape index (κ1) is 30.8. The van der Waals surface area contributed by atoms with E-state index in [1.165, 1.54) is 11.8 Å². The normalized spacial score (nSPS) is 23.5. The van der Waals surface area contributed by atoms with Crippen LogP contribution in [-0.4, -0.2) is 68.0 Å². The van der Waals surface area contributed by atoms with Gasteiger partial charge in [-0.05, 0) is 67.0 Å². The second kappa shape index (κ2) is 12.1. The molecule has 0 spiro atoms. The molecule has 2 fully saturated rings. The van der Waals surface area contributed by atoms with Crippen LogP contribution < -0.4 is 16.6 Å². The summed E-state index contributed by atoms with van der Waals surface area (Å²) in [5.74, 6) is -0.490. The van der Waals surface area contributed by atoms with Crippen molar-refractivity contribution in [1.82, 2.24) is 20.2 Å². The lowest BCUT2D eigenvalue weighted by Crippen LogP contribution is -2.73. The number of amides is 1. The van der Waals surface area contributed by atoms with Crippen LogP contribution in [0, 0.1) is 0 Å². The van der Waals surface area contributed by atoms with Gasteiger partial charge in [0.15, 0.2) is 0 Å². The maximum Gasteiger partial charge on any atom is 0.325 e. The number of hydrogen-bond acceptors (Lipinski definition) is 7. The third-order valence-corrected chi connectivity index (χ3v) is 10.6. The van der Waals surface area contributed by atoms with E-state index in [2.05, 4.69) is 32.3 Å². The van der Waals surface area contributed by atoms with Crippen LogP contribution in [0.4, 0.5) is 0 Å². The zero-order chi connectivity index (χ0) is 32.8. The molecule has 47 heavy (non-hydrogen) atoms. The van der Waals surface area contributed by atoms with E-state index >= 15 is 0 Å². The van der Waals surface area contributed by atoms with Crippen LogP contribution in [-0.2, 0) is 29.5 Å². The molecule has 10 heteroatoms. The van der Waals surface area contributed by atoms with Crippen LogP contribution >= 0.6 is 0 Å². The van der Waals surface area contributed by atoms with E-state index in [0.717, 1.165) is 24.1 Å². The van der Waals surface area contributed by atoms with E-state index in [0.29, 0.717) is 61.9 Å². The predicted octanol–water partition coefficient (Wildman–Crippen LogP) is 3.00. The molecule has 10 nitrogen and oxygen atoms in total. The highest BCUT2D eigenvalue weighted by atomic mass is 16.3. The molecular formula is C37H38N4O6. The average molecular weight is 635 g/mol. The first-order valence-electron chi connectivity index (χ1n) is 16.3. The number of aromatic hydroxyl groups is 1. The Morgan fingerprint density at radius 3 is 2.49 bits per heavy atom. The Hall–Kier alpha value is -4.80. The minimum atomic E-state index is -1.19. The standard InChI is InChI=1S/C37H38N4O6/c42-27-12-15-37(47)30-20-26-10-11-28(32(43)31(26)36(37,21-27)16-19-41(30)18-14-23-4-2-1-3-5-23)33(44)38-17-13-24-6-8-25(9-7-24)29-22-39-35(46)40-34(29)45/h1-11,22,30,43,47H,12-21H2,(H,38,44)(H2,39,40,45,46)/t30?,36-,37?/m1/s1. The number of nitrogens with one attached hydrogen (secondary N) is 3. The highest BCUT2D eigenvalue weighted by molar-refractivity contribution is 5.98. The molecule has 5 N–H and O–H groups in total. The van der Waals surface area contributed by atoms with Gasteiger partial charge in [-0.25, -0.2) is 4.79 Å². The lowest BCUT2D eigenvalue weighted by Gasteiger charge is -2.63. The van der Waals surface area contributed by atoms with Crippen molar-refractivity contribution < 1.29 is 19.8 Å². The number of hydrogen-bond donors (Lipinski definition) is 5. The molecule has 2 aliphatic carbocycles. The molecule has 4 aromatic rings. The molecule has 1 aromatic heterocycles. The second-order valence-electron chi connectivity index (χ2n) is 13.1. The van der Waals surface area contributed by atoms with E-state index in [9.17, 15) is 29.4 Å². The van der Waals surface area contributed by atoms with E-state index in [1.54, 1.807) is 18.2 Å². The summed E-state index contributed by atoms with van der Waals surface area (Å²) >= 11 is 0. The third kappa shape index (κ3) is 5.41. The quantitative estimate of drug-likeness (QED) is 0.200.